The van der Waals surface area contributed by atoms with Crippen LogP contribution in [0.1, 0.15) is 207 Å². The molecule has 0 bridgehead atoms. The quantitative estimate of drug-likeness (QED) is 0.0632. The Bertz CT molecular complexity index is 3750. The number of nitrogens with one attached hydrogen (secondary N) is 4. The van der Waals surface area contributed by atoms with E-state index in [1.807, 2.05) is 53.7 Å². The summed E-state index contributed by atoms with van der Waals surface area (Å²) in [6.45, 7) is 21.8. The first-order valence-corrected chi connectivity index (χ1v) is 37.1. The predicted octanol–water partition coefficient (Wildman–Crippen LogP) is 12.2. The molecule has 0 amide bonds. The topological polar surface area (TPSA) is 351 Å². The molecular formula is C64H93ClF2N12O8S4. The van der Waals surface area contributed by atoms with Gasteiger partial charge in [-0.3, -0.25) is 0 Å². The lowest BCUT2D eigenvalue weighted by atomic mass is 9.84. The molecule has 4 aromatic carbocycles. The van der Waals surface area contributed by atoms with E-state index in [2.05, 4.69) is 40.9 Å². The van der Waals surface area contributed by atoms with E-state index in [0.717, 1.165) is 65.9 Å². The fourth-order valence-corrected chi connectivity index (χ4v) is 14.9. The van der Waals surface area contributed by atoms with Crippen LogP contribution in [0.3, 0.4) is 0 Å². The molecule has 3 aliphatic rings. The second-order valence-corrected chi connectivity index (χ2v) is 34.8. The van der Waals surface area contributed by atoms with Gasteiger partial charge in [0.2, 0.25) is 35.9 Å². The molecule has 0 saturated heterocycles. The first-order chi connectivity index (χ1) is 42.0. The lowest BCUT2D eigenvalue weighted by Crippen LogP contribution is -2.40. The molecular weight excluding hydrogens is 1270 g/mol. The molecule has 3 fully saturated rings. The lowest BCUT2D eigenvalue weighted by molar-refractivity contribution is 0.356. The summed E-state index contributed by atoms with van der Waals surface area (Å²) in [5.74, 6) is 0.174. The summed E-state index contributed by atoms with van der Waals surface area (Å²) >= 11 is 0. The molecule has 91 heavy (non-hydrogen) atoms. The lowest BCUT2D eigenvalue weighted by Gasteiger charge is -2.23. The summed E-state index contributed by atoms with van der Waals surface area (Å²) in [6.07, 6.45) is 21.0. The van der Waals surface area contributed by atoms with E-state index in [0.29, 0.717) is 29.3 Å². The molecule has 8 N–H and O–H groups in total. The Hall–Kier alpha value is -5.83. The monoisotopic (exact) mass is 1360 g/mol. The number of halogens is 3. The van der Waals surface area contributed by atoms with Gasteiger partial charge in [-0.05, 0) is 198 Å². The van der Waals surface area contributed by atoms with Gasteiger partial charge in [-0.15, -0.1) is 10.2 Å². The highest BCUT2D eigenvalue weighted by Gasteiger charge is 2.27. The predicted molar refractivity (Wildman–Crippen MR) is 352 cm³/mol. The molecule has 0 atom stereocenters. The maximum atomic E-state index is 13.1. The Morgan fingerprint density at radius 2 is 0.846 bits per heavy atom. The van der Waals surface area contributed by atoms with Crippen molar-refractivity contribution in [1.29, 1.82) is 15.8 Å². The Balaban J connectivity index is 0.000000305. The third-order valence-corrected chi connectivity index (χ3v) is 20.3. The number of nitriles is 3. The van der Waals surface area contributed by atoms with E-state index >= 15 is 0 Å². The number of nitrogens with two attached hydrogens (primary N) is 2. The Morgan fingerprint density at radius 3 is 1.19 bits per heavy atom. The van der Waals surface area contributed by atoms with Crippen LogP contribution in [-0.2, 0) is 52.0 Å². The zero-order chi connectivity index (χ0) is 68.8. The standard InChI is InChI=1S/C18H27N5O2S.C18H26N2O2S.C11H13FN2O2S.C7H3ClFNO2S.C6H13N.C4H11N/c1-18(2,3)21-26(24,25)15-10-9-14(11-13-7-5-4-6-8-13)16(12-15)17-19-22-23-20-17;1-18(2,3)20-23(21,22)17-10-9-15(16(12-17)13-19)11-14-7-5-4-6-8-14;1-11(2,3)14-17(15,16)9-4-5-10(12)8(6-9)7-13;8-13(11,12)6-1-2-7(9)5(3-6)4-10;7-6-4-2-1-3-5-6;1-4(2,3)5/h9-10,12-13,21H,4-8,11H2,1-3H3,(H,19,20,22,23);9-10,12,14,20H,4-8,11H2,1-3H3;4-6,14H,1-3H3;1-3H;6H,1-5,7H2;5H2,1-3H3. The van der Waals surface area contributed by atoms with Crippen molar-refractivity contribution in [3.8, 4) is 29.6 Å². The molecule has 3 aliphatic carbocycles. The van der Waals surface area contributed by atoms with Crippen LogP contribution >= 0.6 is 10.7 Å². The number of aromatic nitrogens is 4. The van der Waals surface area contributed by atoms with Crippen molar-refractivity contribution in [2.45, 2.75) is 240 Å². The van der Waals surface area contributed by atoms with E-state index in [1.54, 1.807) is 65.8 Å². The normalized spacial score (nSPS) is 15.5. The minimum atomic E-state index is -3.90. The van der Waals surface area contributed by atoms with E-state index in [4.69, 9.17) is 32.7 Å². The number of hydrogen-bond acceptors (Lipinski definition) is 16. The summed E-state index contributed by atoms with van der Waals surface area (Å²) in [5, 5.41) is 40.7. The highest BCUT2D eigenvalue weighted by molar-refractivity contribution is 8.13. The van der Waals surface area contributed by atoms with Crippen molar-refractivity contribution in [1.82, 2.24) is 34.8 Å². The van der Waals surface area contributed by atoms with Crippen LogP contribution in [0, 0.1) is 57.5 Å². The zero-order valence-electron chi connectivity index (χ0n) is 54.6. The van der Waals surface area contributed by atoms with Gasteiger partial charge in [0.1, 0.15) is 23.8 Å². The van der Waals surface area contributed by atoms with Gasteiger partial charge in [-0.2, -0.15) is 21.0 Å². The van der Waals surface area contributed by atoms with Crippen molar-refractivity contribution in [2.75, 3.05) is 0 Å². The molecule has 0 spiro atoms. The second-order valence-electron chi connectivity index (χ2n) is 27.2. The van der Waals surface area contributed by atoms with Gasteiger partial charge in [0.05, 0.1) is 42.3 Å². The molecule has 5 aromatic rings. The largest absolute Gasteiger partial charge is 0.328 e. The SMILES string of the molecule is CC(C)(C)N.CC(C)(C)NS(=O)(=O)c1ccc(CC2CCCCC2)c(-c2nn[nH]n2)c1.CC(C)(C)NS(=O)(=O)c1ccc(CC2CCCCC2)c(C#N)c1.CC(C)(C)NS(=O)(=O)c1ccc(F)c(C#N)c1.N#Cc1cc(S(=O)(=O)Cl)ccc1F.NC1CCCCC1. The molecule has 0 radical (unpaired) electrons. The van der Waals surface area contributed by atoms with Crippen LogP contribution in [0.15, 0.2) is 92.4 Å². The molecule has 3 saturated carbocycles. The smallest absolute Gasteiger partial charge is 0.261 e. The molecule has 0 aliphatic heterocycles. The summed E-state index contributed by atoms with van der Waals surface area (Å²) in [4.78, 5) is -0.0199. The van der Waals surface area contributed by atoms with Gasteiger partial charge >= 0.3 is 0 Å². The Kier molecular flexibility index (Phi) is 30.5. The average molecular weight is 1360 g/mol. The maximum absolute atomic E-state index is 13.1. The van der Waals surface area contributed by atoms with Gasteiger partial charge in [-0.25, -0.2) is 56.6 Å². The van der Waals surface area contributed by atoms with Gasteiger partial charge in [-0.1, -0.05) is 95.6 Å². The van der Waals surface area contributed by atoms with Crippen molar-refractivity contribution in [3.05, 3.63) is 112 Å². The van der Waals surface area contributed by atoms with Gasteiger partial charge in [0.15, 0.2) is 0 Å². The molecule has 1 aromatic heterocycles. The minimum Gasteiger partial charge on any atom is -0.328 e. The van der Waals surface area contributed by atoms with Crippen LogP contribution in [0.2, 0.25) is 0 Å². The van der Waals surface area contributed by atoms with Gasteiger partial charge < -0.3 is 11.5 Å². The second kappa shape index (κ2) is 34.9. The summed E-state index contributed by atoms with van der Waals surface area (Å²) in [5.41, 5.74) is 11.9. The number of benzene rings is 4. The first kappa shape index (κ1) is 79.4. The highest BCUT2D eigenvalue weighted by Crippen LogP contribution is 2.33. The van der Waals surface area contributed by atoms with Crippen molar-refractivity contribution in [2.24, 2.45) is 23.3 Å². The number of hydrogen-bond donors (Lipinski definition) is 6. The van der Waals surface area contributed by atoms with E-state index in [1.165, 1.54) is 108 Å². The molecule has 0 unspecified atom stereocenters. The molecule has 1 heterocycles. The Labute approximate surface area is 544 Å². The van der Waals surface area contributed by atoms with Crippen LogP contribution in [0.4, 0.5) is 8.78 Å². The first-order valence-electron chi connectivity index (χ1n) is 30.4. The molecule has 8 rings (SSSR count). The highest BCUT2D eigenvalue weighted by atomic mass is 35.7. The summed E-state index contributed by atoms with van der Waals surface area (Å²) in [7, 11) is -9.87. The Morgan fingerprint density at radius 1 is 0.516 bits per heavy atom. The zero-order valence-corrected chi connectivity index (χ0v) is 58.6. The number of nitrogens with zero attached hydrogens (tertiary/aromatic N) is 6. The van der Waals surface area contributed by atoms with Crippen LogP contribution < -0.4 is 25.6 Å². The van der Waals surface area contributed by atoms with Crippen LogP contribution in [0.25, 0.3) is 11.4 Å². The van der Waals surface area contributed by atoms with Crippen LogP contribution in [0.5, 0.6) is 0 Å². The van der Waals surface area contributed by atoms with Gasteiger partial charge in [0.25, 0.3) is 9.05 Å². The molecule has 27 heteroatoms. The van der Waals surface area contributed by atoms with Gasteiger partial charge in [0, 0.05) is 44.4 Å². The van der Waals surface area contributed by atoms with Crippen LogP contribution in [-0.4, -0.2) is 82.5 Å². The fraction of sp³-hybridized carbons (Fsp3) is 0.562. The van der Waals surface area contributed by atoms with E-state index < -0.39 is 67.4 Å². The number of H-pyrrole nitrogens is 1. The minimum absolute atomic E-state index is 0. The van der Waals surface area contributed by atoms with Crippen molar-refractivity contribution in [3.63, 3.8) is 0 Å². The maximum Gasteiger partial charge on any atom is 0.261 e. The van der Waals surface area contributed by atoms with E-state index in [9.17, 15) is 47.7 Å². The number of rotatable bonds is 12. The average Bonchev–Trinajstić information content (AvgIpc) is 1.70. The fourth-order valence-electron chi connectivity index (χ4n) is 9.81. The summed E-state index contributed by atoms with van der Waals surface area (Å²) in [6, 6.07) is 21.9. The molecule has 20 nitrogen and oxygen atoms in total. The molecule has 502 valence electrons. The third kappa shape index (κ3) is 30.2. The summed E-state index contributed by atoms with van der Waals surface area (Å²) < 4.78 is 129. The van der Waals surface area contributed by atoms with Crippen molar-refractivity contribution >= 4 is 49.8 Å². The third-order valence-electron chi connectivity index (χ3n) is 13.6. The number of sulfonamides is 3. The number of tetrazole rings is 1. The van der Waals surface area contributed by atoms with E-state index in [-0.39, 0.29) is 36.2 Å². The number of aromatic amines is 1. The van der Waals surface area contributed by atoms with Crippen molar-refractivity contribution < 1.29 is 42.5 Å².